The van der Waals surface area contributed by atoms with Crippen molar-refractivity contribution in [3.05, 3.63) is 101 Å². The minimum Gasteiger partial charge on any atom is -0.352 e. The molecule has 8 heteroatoms. The van der Waals surface area contributed by atoms with Gasteiger partial charge in [-0.15, -0.1) is 0 Å². The number of hydrogen-bond acceptors (Lipinski definition) is 4. The fourth-order valence-electron chi connectivity index (χ4n) is 4.89. The topological polar surface area (TPSA) is 86.8 Å². The van der Waals surface area contributed by atoms with E-state index in [1.54, 1.807) is 11.0 Å². The number of carbonyl (C=O) groups is 2. The molecule has 0 unspecified atom stereocenters. The summed E-state index contributed by atoms with van der Waals surface area (Å²) < 4.78 is 26.9. The molecule has 3 aromatic carbocycles. The summed E-state index contributed by atoms with van der Waals surface area (Å²) in [5.41, 5.74) is 5.46. The Bertz CT molecular complexity index is 1440. The third-order valence-corrected chi connectivity index (χ3v) is 8.48. The number of sulfonamides is 1. The van der Waals surface area contributed by atoms with Crippen molar-refractivity contribution in [1.82, 2.24) is 10.2 Å². The zero-order chi connectivity index (χ0) is 30.2. The normalized spacial score (nSPS) is 12.2. The number of rotatable bonds is 13. The van der Waals surface area contributed by atoms with E-state index in [4.69, 9.17) is 0 Å². The lowest BCUT2D eigenvalue weighted by Gasteiger charge is -2.33. The van der Waals surface area contributed by atoms with E-state index < -0.39 is 16.1 Å². The molecule has 0 heterocycles. The van der Waals surface area contributed by atoms with Crippen LogP contribution in [0.4, 0.5) is 5.69 Å². The first-order valence-electron chi connectivity index (χ1n) is 14.1. The third-order valence-electron chi connectivity index (χ3n) is 7.30. The van der Waals surface area contributed by atoms with Gasteiger partial charge in [0.15, 0.2) is 0 Å². The summed E-state index contributed by atoms with van der Waals surface area (Å²) in [6, 6.07) is 22.3. The smallest absolute Gasteiger partial charge is 0.243 e. The zero-order valence-corrected chi connectivity index (χ0v) is 25.9. The molecule has 1 atom stereocenters. The number of amides is 2. The Morgan fingerprint density at radius 3 is 2.12 bits per heavy atom. The highest BCUT2D eigenvalue weighted by atomic mass is 32.2. The van der Waals surface area contributed by atoms with Gasteiger partial charge in [0.2, 0.25) is 21.8 Å². The van der Waals surface area contributed by atoms with Crippen LogP contribution in [-0.4, -0.2) is 50.0 Å². The van der Waals surface area contributed by atoms with E-state index in [0.29, 0.717) is 18.5 Å². The molecule has 0 radical (unpaired) electrons. The molecule has 3 aromatic rings. The molecule has 0 aliphatic heterocycles. The maximum Gasteiger partial charge on any atom is 0.243 e. The van der Waals surface area contributed by atoms with Gasteiger partial charge in [-0.25, -0.2) is 8.42 Å². The van der Waals surface area contributed by atoms with E-state index in [9.17, 15) is 18.0 Å². The highest BCUT2D eigenvalue weighted by Crippen LogP contribution is 2.26. The van der Waals surface area contributed by atoms with Crippen LogP contribution in [0.2, 0.25) is 0 Å². The Balaban J connectivity index is 1.91. The summed E-state index contributed by atoms with van der Waals surface area (Å²) in [6.45, 7) is 10.1. The van der Waals surface area contributed by atoms with Crippen molar-refractivity contribution in [2.75, 3.05) is 17.1 Å². The number of benzene rings is 3. The average molecular weight is 578 g/mol. The highest BCUT2D eigenvalue weighted by molar-refractivity contribution is 7.92. The second-order valence-electron chi connectivity index (χ2n) is 11.0. The van der Waals surface area contributed by atoms with Crippen LogP contribution in [-0.2, 0) is 32.6 Å². The highest BCUT2D eigenvalue weighted by Gasteiger charge is 2.31. The Morgan fingerprint density at radius 1 is 0.854 bits per heavy atom. The van der Waals surface area contributed by atoms with Gasteiger partial charge in [0.25, 0.3) is 0 Å². The predicted molar refractivity (Wildman–Crippen MR) is 166 cm³/mol. The number of anilines is 1. The lowest BCUT2D eigenvalue weighted by Crippen LogP contribution is -2.52. The third kappa shape index (κ3) is 8.92. The molecule has 2 amide bonds. The van der Waals surface area contributed by atoms with E-state index in [0.717, 1.165) is 27.8 Å². The van der Waals surface area contributed by atoms with Crippen LogP contribution in [0.25, 0.3) is 0 Å². The summed E-state index contributed by atoms with van der Waals surface area (Å²) in [7, 11) is -3.57. The number of aryl methyl sites for hydroxylation is 2. The minimum absolute atomic E-state index is 0.0860. The number of nitrogens with one attached hydrogen (secondary N) is 1. The molecule has 0 aliphatic carbocycles. The van der Waals surface area contributed by atoms with Crippen molar-refractivity contribution in [2.45, 2.75) is 72.5 Å². The van der Waals surface area contributed by atoms with Gasteiger partial charge < -0.3 is 10.2 Å². The fraction of sp³-hybridized carbons (Fsp3) is 0.394. The van der Waals surface area contributed by atoms with Gasteiger partial charge in [-0.3, -0.25) is 13.9 Å². The summed E-state index contributed by atoms with van der Waals surface area (Å²) in [5, 5.41) is 3.01. The number of hydrogen-bond donors (Lipinski definition) is 1. The molecule has 0 aromatic heterocycles. The van der Waals surface area contributed by atoms with E-state index >= 15 is 0 Å². The standard InChI is InChI=1S/C33H43N3O4S/c1-24(2)34-33(38)31(22-28-16-8-7-9-17-28)35(23-29-18-11-10-14-26(29)4)32(37)20-13-21-36(41(6,39)40)30-19-12-15-25(3)27(30)5/h7-12,14-19,24,31H,13,20-23H2,1-6H3,(H,34,38)/t31-/m0/s1. The summed E-state index contributed by atoms with van der Waals surface area (Å²) in [5.74, 6) is -0.401. The van der Waals surface area contributed by atoms with Crippen molar-refractivity contribution in [3.8, 4) is 0 Å². The quantitative estimate of drug-likeness (QED) is 0.298. The van der Waals surface area contributed by atoms with Crippen LogP contribution >= 0.6 is 0 Å². The van der Waals surface area contributed by atoms with Crippen LogP contribution in [0.15, 0.2) is 72.8 Å². The van der Waals surface area contributed by atoms with Gasteiger partial charge in [-0.05, 0) is 74.9 Å². The van der Waals surface area contributed by atoms with E-state index in [-0.39, 0.29) is 37.4 Å². The number of carbonyl (C=O) groups excluding carboxylic acids is 2. The molecule has 41 heavy (non-hydrogen) atoms. The Labute approximate surface area is 245 Å². The van der Waals surface area contributed by atoms with Crippen LogP contribution in [0.3, 0.4) is 0 Å². The molecule has 0 bridgehead atoms. The maximum atomic E-state index is 13.9. The number of nitrogens with zero attached hydrogens (tertiary/aromatic N) is 2. The minimum atomic E-state index is -3.57. The lowest BCUT2D eigenvalue weighted by molar-refractivity contribution is -0.141. The second kappa shape index (κ2) is 14.3. The Hall–Kier alpha value is -3.65. The summed E-state index contributed by atoms with van der Waals surface area (Å²) >= 11 is 0. The molecule has 0 spiro atoms. The van der Waals surface area contributed by atoms with E-state index in [1.807, 2.05) is 101 Å². The van der Waals surface area contributed by atoms with Gasteiger partial charge in [-0.2, -0.15) is 0 Å². The van der Waals surface area contributed by atoms with Crippen LogP contribution in [0.1, 0.15) is 54.5 Å². The molecule has 0 fully saturated rings. The molecule has 1 N–H and O–H groups in total. The van der Waals surface area contributed by atoms with Gasteiger partial charge in [0, 0.05) is 32.0 Å². The van der Waals surface area contributed by atoms with Crippen molar-refractivity contribution in [3.63, 3.8) is 0 Å². The monoisotopic (exact) mass is 577 g/mol. The van der Waals surface area contributed by atoms with Crippen molar-refractivity contribution in [1.29, 1.82) is 0 Å². The van der Waals surface area contributed by atoms with Crippen molar-refractivity contribution >= 4 is 27.5 Å². The van der Waals surface area contributed by atoms with E-state index in [1.165, 1.54) is 10.6 Å². The van der Waals surface area contributed by atoms with Crippen LogP contribution in [0, 0.1) is 20.8 Å². The largest absolute Gasteiger partial charge is 0.352 e. The van der Waals surface area contributed by atoms with E-state index in [2.05, 4.69) is 5.32 Å². The Kier molecular flexibility index (Phi) is 11.1. The molecule has 3 rings (SSSR count). The van der Waals surface area contributed by atoms with Crippen LogP contribution in [0.5, 0.6) is 0 Å². The molecule has 220 valence electrons. The van der Waals surface area contributed by atoms with Crippen molar-refractivity contribution < 1.29 is 18.0 Å². The lowest BCUT2D eigenvalue weighted by atomic mass is 10.0. The van der Waals surface area contributed by atoms with Gasteiger partial charge >= 0.3 is 0 Å². The zero-order valence-electron chi connectivity index (χ0n) is 25.1. The first-order valence-corrected chi connectivity index (χ1v) is 16.0. The average Bonchev–Trinajstić information content (AvgIpc) is 2.91. The SMILES string of the molecule is Cc1ccccc1CN(C(=O)CCCN(c1cccc(C)c1C)S(C)(=O)=O)[C@@H](Cc1ccccc1)C(=O)NC(C)C. The second-order valence-corrected chi connectivity index (χ2v) is 12.9. The fourth-order valence-corrected chi connectivity index (χ4v) is 5.91. The maximum absolute atomic E-state index is 13.9. The molecule has 0 saturated heterocycles. The van der Waals surface area contributed by atoms with Crippen molar-refractivity contribution in [2.24, 2.45) is 0 Å². The first kappa shape index (κ1) is 31.9. The van der Waals surface area contributed by atoms with Gasteiger partial charge in [0.05, 0.1) is 11.9 Å². The predicted octanol–water partition coefficient (Wildman–Crippen LogP) is 5.32. The van der Waals surface area contributed by atoms with Crippen LogP contribution < -0.4 is 9.62 Å². The first-order chi connectivity index (χ1) is 19.4. The van der Waals surface area contributed by atoms with Gasteiger partial charge in [0.1, 0.15) is 6.04 Å². The Morgan fingerprint density at radius 2 is 1.49 bits per heavy atom. The summed E-state index contributed by atoms with van der Waals surface area (Å²) in [4.78, 5) is 29.2. The molecular formula is C33H43N3O4S. The summed E-state index contributed by atoms with van der Waals surface area (Å²) in [6.07, 6.45) is 1.97. The molecular weight excluding hydrogens is 534 g/mol. The molecule has 0 aliphatic rings. The van der Waals surface area contributed by atoms with Gasteiger partial charge in [-0.1, -0.05) is 66.7 Å². The molecule has 7 nitrogen and oxygen atoms in total. The molecule has 0 saturated carbocycles.